The third-order valence-corrected chi connectivity index (χ3v) is 3.52. The highest BCUT2D eigenvalue weighted by Crippen LogP contribution is 2.27. The number of phenolic OH excluding ortho intramolecular Hbond substituents is 1. The summed E-state index contributed by atoms with van der Waals surface area (Å²) in [6.07, 6.45) is 2.09. The summed E-state index contributed by atoms with van der Waals surface area (Å²) in [6, 6.07) is 9.32. The second-order valence-electron chi connectivity index (χ2n) is 4.99. The lowest BCUT2D eigenvalue weighted by Crippen LogP contribution is -2.16. The lowest BCUT2D eigenvalue weighted by molar-refractivity contribution is 0.102. The van der Waals surface area contributed by atoms with E-state index in [9.17, 15) is 14.3 Å². The largest absolute Gasteiger partial charge is 0.507 e. The number of hydrogen-bond donors (Lipinski definition) is 3. The molecule has 0 atom stereocenters. The van der Waals surface area contributed by atoms with Gasteiger partial charge >= 0.3 is 0 Å². The zero-order valence-electron chi connectivity index (χ0n) is 11.3. The highest BCUT2D eigenvalue weighted by atomic mass is 19.1. The number of phenols is 1. The fourth-order valence-electron chi connectivity index (χ4n) is 2.47. The van der Waals surface area contributed by atoms with E-state index in [1.54, 1.807) is 6.07 Å². The van der Waals surface area contributed by atoms with Crippen molar-refractivity contribution >= 4 is 17.3 Å². The van der Waals surface area contributed by atoms with Gasteiger partial charge in [0.1, 0.15) is 17.1 Å². The van der Waals surface area contributed by atoms with E-state index in [0.717, 1.165) is 31.1 Å². The third kappa shape index (κ3) is 2.67. The maximum atomic E-state index is 13.6. The Morgan fingerprint density at radius 3 is 2.95 bits per heavy atom. The number of carbonyl (C=O) groups excluding carboxylic acids is 1. The minimum Gasteiger partial charge on any atom is -0.507 e. The number of aryl methyl sites for hydroxylation is 1. The molecule has 0 unspecified atom stereocenters. The van der Waals surface area contributed by atoms with Gasteiger partial charge in [-0.25, -0.2) is 4.39 Å². The van der Waals surface area contributed by atoms with Gasteiger partial charge in [-0.15, -0.1) is 0 Å². The van der Waals surface area contributed by atoms with Gasteiger partial charge in [-0.2, -0.15) is 0 Å². The van der Waals surface area contributed by atoms with Crippen molar-refractivity contribution in [2.75, 3.05) is 17.2 Å². The van der Waals surface area contributed by atoms with E-state index in [1.165, 1.54) is 17.7 Å². The smallest absolute Gasteiger partial charge is 0.262 e. The summed E-state index contributed by atoms with van der Waals surface area (Å²) in [5.74, 6) is -1.78. The molecule has 4 nitrogen and oxygen atoms in total. The van der Waals surface area contributed by atoms with Gasteiger partial charge in [0.25, 0.3) is 5.91 Å². The van der Waals surface area contributed by atoms with Gasteiger partial charge < -0.3 is 15.7 Å². The van der Waals surface area contributed by atoms with Gasteiger partial charge in [-0.1, -0.05) is 12.1 Å². The maximum absolute atomic E-state index is 13.6. The van der Waals surface area contributed by atoms with Crippen molar-refractivity contribution in [3.8, 4) is 5.75 Å². The Labute approximate surface area is 121 Å². The zero-order valence-corrected chi connectivity index (χ0v) is 11.3. The van der Waals surface area contributed by atoms with Gasteiger partial charge in [-0.05, 0) is 42.7 Å². The van der Waals surface area contributed by atoms with Crippen molar-refractivity contribution in [1.82, 2.24) is 0 Å². The Hall–Kier alpha value is -2.56. The van der Waals surface area contributed by atoms with Crippen LogP contribution in [-0.4, -0.2) is 17.6 Å². The average Bonchev–Trinajstić information content (AvgIpc) is 2.47. The molecule has 3 N–H and O–H groups in total. The molecule has 0 aromatic heterocycles. The first-order valence-corrected chi connectivity index (χ1v) is 6.81. The van der Waals surface area contributed by atoms with Crippen molar-refractivity contribution in [2.24, 2.45) is 0 Å². The summed E-state index contributed by atoms with van der Waals surface area (Å²) in [5, 5.41) is 15.5. The molecule has 0 saturated carbocycles. The maximum Gasteiger partial charge on any atom is 0.262 e. The van der Waals surface area contributed by atoms with Gasteiger partial charge in [0.05, 0.1) is 0 Å². The predicted molar refractivity (Wildman–Crippen MR) is 79.3 cm³/mol. The Bertz CT molecular complexity index is 680. The molecule has 21 heavy (non-hydrogen) atoms. The lowest BCUT2D eigenvalue weighted by Gasteiger charge is -2.19. The summed E-state index contributed by atoms with van der Waals surface area (Å²) in [6.45, 7) is 0.901. The van der Waals surface area contributed by atoms with Crippen molar-refractivity contribution in [3.63, 3.8) is 0 Å². The molecule has 5 heteroatoms. The van der Waals surface area contributed by atoms with Crippen LogP contribution in [0.15, 0.2) is 36.4 Å². The van der Waals surface area contributed by atoms with Crippen LogP contribution in [0.4, 0.5) is 15.8 Å². The molecule has 1 heterocycles. The Balaban J connectivity index is 1.85. The van der Waals surface area contributed by atoms with E-state index in [4.69, 9.17) is 0 Å². The Morgan fingerprint density at radius 1 is 1.29 bits per heavy atom. The number of carbonyl (C=O) groups is 1. The number of fused-ring (bicyclic) bond motifs is 1. The molecule has 1 amide bonds. The molecule has 2 aromatic carbocycles. The van der Waals surface area contributed by atoms with Crippen molar-refractivity contribution < 1.29 is 14.3 Å². The molecular formula is C16H15FN2O2. The number of halogens is 1. The van der Waals surface area contributed by atoms with Crippen LogP contribution < -0.4 is 10.6 Å². The summed E-state index contributed by atoms with van der Waals surface area (Å²) < 4.78 is 13.6. The minimum absolute atomic E-state index is 0.344. The molecule has 2 aromatic rings. The molecule has 0 aliphatic carbocycles. The van der Waals surface area contributed by atoms with Crippen LogP contribution in [0.5, 0.6) is 5.75 Å². The van der Waals surface area contributed by atoms with Crippen molar-refractivity contribution in [1.29, 1.82) is 0 Å². The number of benzene rings is 2. The van der Waals surface area contributed by atoms with Crippen LogP contribution in [0.3, 0.4) is 0 Å². The Kier molecular flexibility index (Phi) is 3.48. The molecule has 1 aliphatic rings. The van der Waals surface area contributed by atoms with Gasteiger partial charge in [0, 0.05) is 17.9 Å². The van der Waals surface area contributed by atoms with Gasteiger partial charge in [0.2, 0.25) is 0 Å². The van der Waals surface area contributed by atoms with Crippen LogP contribution in [0.25, 0.3) is 0 Å². The number of anilines is 2. The first-order valence-electron chi connectivity index (χ1n) is 6.81. The number of nitrogens with one attached hydrogen (secondary N) is 2. The fraction of sp³-hybridized carbons (Fsp3) is 0.188. The van der Waals surface area contributed by atoms with Crippen LogP contribution in [-0.2, 0) is 6.42 Å². The molecule has 0 saturated heterocycles. The van der Waals surface area contributed by atoms with E-state index >= 15 is 0 Å². The van der Waals surface area contributed by atoms with Crippen LogP contribution in [0.2, 0.25) is 0 Å². The quantitative estimate of drug-likeness (QED) is 0.794. The SMILES string of the molecule is O=C(Nc1ccc2c(c1)NCCC2)c1c(O)cccc1F. The fourth-order valence-corrected chi connectivity index (χ4v) is 2.47. The molecule has 1 aliphatic heterocycles. The lowest BCUT2D eigenvalue weighted by atomic mass is 10.0. The summed E-state index contributed by atoms with van der Waals surface area (Å²) >= 11 is 0. The van der Waals surface area contributed by atoms with Gasteiger partial charge in [-0.3, -0.25) is 4.79 Å². The number of aromatic hydroxyl groups is 1. The molecule has 0 spiro atoms. The van der Waals surface area contributed by atoms with Crippen molar-refractivity contribution in [3.05, 3.63) is 53.3 Å². The second-order valence-corrected chi connectivity index (χ2v) is 4.99. The molecule has 0 bridgehead atoms. The first kappa shape index (κ1) is 13.4. The highest BCUT2D eigenvalue weighted by Gasteiger charge is 2.17. The van der Waals surface area contributed by atoms with E-state index in [0.29, 0.717) is 5.69 Å². The van der Waals surface area contributed by atoms with Crippen LogP contribution >= 0.6 is 0 Å². The van der Waals surface area contributed by atoms with E-state index in [-0.39, 0.29) is 11.3 Å². The summed E-state index contributed by atoms with van der Waals surface area (Å²) in [5.41, 5.74) is 2.41. The predicted octanol–water partition coefficient (Wildman–Crippen LogP) is 3.14. The molecular weight excluding hydrogens is 271 g/mol. The monoisotopic (exact) mass is 286 g/mol. The highest BCUT2D eigenvalue weighted by molar-refractivity contribution is 6.06. The number of hydrogen-bond acceptors (Lipinski definition) is 3. The van der Waals surface area contributed by atoms with Crippen molar-refractivity contribution in [2.45, 2.75) is 12.8 Å². The summed E-state index contributed by atoms with van der Waals surface area (Å²) in [4.78, 5) is 12.1. The molecule has 108 valence electrons. The second kappa shape index (κ2) is 5.44. The topological polar surface area (TPSA) is 61.4 Å². The first-order chi connectivity index (χ1) is 10.1. The zero-order chi connectivity index (χ0) is 14.8. The average molecular weight is 286 g/mol. The van der Waals surface area contributed by atoms with Crippen LogP contribution in [0.1, 0.15) is 22.3 Å². The number of amides is 1. The molecule has 0 fully saturated rings. The summed E-state index contributed by atoms with van der Waals surface area (Å²) in [7, 11) is 0. The Morgan fingerprint density at radius 2 is 2.14 bits per heavy atom. The molecule has 0 radical (unpaired) electrons. The van der Waals surface area contributed by atoms with E-state index in [1.807, 2.05) is 12.1 Å². The minimum atomic E-state index is -0.747. The van der Waals surface area contributed by atoms with Crippen LogP contribution in [0, 0.1) is 5.82 Å². The molecule has 3 rings (SSSR count). The van der Waals surface area contributed by atoms with E-state index in [2.05, 4.69) is 10.6 Å². The van der Waals surface area contributed by atoms with Gasteiger partial charge in [0.15, 0.2) is 0 Å². The standard InChI is InChI=1S/C16H15FN2O2/c17-12-4-1-5-14(20)15(12)16(21)19-11-7-6-10-3-2-8-18-13(10)9-11/h1,4-7,9,18,20H,2-3,8H2,(H,19,21). The van der Waals surface area contributed by atoms with E-state index < -0.39 is 11.7 Å². The number of rotatable bonds is 2. The normalized spacial score (nSPS) is 13.2. The third-order valence-electron chi connectivity index (χ3n) is 3.52.